The first-order valence-electron chi connectivity index (χ1n) is 8.29. The Morgan fingerprint density at radius 2 is 2.08 bits per heavy atom. The quantitative estimate of drug-likeness (QED) is 0.897. The zero-order chi connectivity index (χ0) is 17.1. The van der Waals surface area contributed by atoms with Crippen LogP contribution in [0.4, 0.5) is 0 Å². The van der Waals surface area contributed by atoms with Crippen LogP contribution in [0, 0.1) is 5.92 Å². The van der Waals surface area contributed by atoms with E-state index in [4.69, 9.17) is 16.3 Å². The number of ether oxygens (including phenoxy) is 1. The van der Waals surface area contributed by atoms with Crippen molar-refractivity contribution in [2.75, 3.05) is 32.8 Å². The minimum atomic E-state index is -0.159. The minimum Gasteiger partial charge on any atom is -0.379 e. The fourth-order valence-corrected chi connectivity index (χ4v) is 3.23. The molecule has 1 fully saturated rings. The van der Waals surface area contributed by atoms with Gasteiger partial charge in [-0.3, -0.25) is 9.69 Å². The zero-order valence-corrected chi connectivity index (χ0v) is 14.8. The minimum absolute atomic E-state index is 0.159. The van der Waals surface area contributed by atoms with Crippen LogP contribution in [0.5, 0.6) is 0 Å². The lowest BCUT2D eigenvalue weighted by Crippen LogP contribution is -2.51. The molecule has 3 heterocycles. The number of rotatable bonds is 5. The fraction of sp³-hybridized carbons (Fsp3) is 0.529. The Kier molecular flexibility index (Phi) is 5.38. The first kappa shape index (κ1) is 17.2. The van der Waals surface area contributed by atoms with Gasteiger partial charge >= 0.3 is 0 Å². The maximum absolute atomic E-state index is 12.4. The Balaban J connectivity index is 1.65. The second-order valence-electron chi connectivity index (χ2n) is 6.41. The van der Waals surface area contributed by atoms with Crippen LogP contribution in [0.3, 0.4) is 0 Å². The van der Waals surface area contributed by atoms with Gasteiger partial charge in [0.25, 0.3) is 5.91 Å². The molecule has 1 amide bonds. The zero-order valence-electron chi connectivity index (χ0n) is 14.0. The molecule has 0 spiro atoms. The number of carbonyl (C=O) groups is 1. The smallest absolute Gasteiger partial charge is 0.271 e. The molecule has 0 unspecified atom stereocenters. The summed E-state index contributed by atoms with van der Waals surface area (Å²) in [5, 5.41) is 3.63. The van der Waals surface area contributed by atoms with E-state index in [0.29, 0.717) is 34.9 Å². The van der Waals surface area contributed by atoms with Gasteiger partial charge in [-0.1, -0.05) is 25.4 Å². The average Bonchev–Trinajstić information content (AvgIpc) is 2.98. The molecular weight excluding hydrogens is 328 g/mol. The van der Waals surface area contributed by atoms with Gasteiger partial charge in [0.05, 0.1) is 18.2 Å². The number of amides is 1. The second kappa shape index (κ2) is 7.51. The molecule has 3 rings (SSSR count). The number of carbonyl (C=O) groups excluding carboxylic acids is 1. The summed E-state index contributed by atoms with van der Waals surface area (Å²) in [4.78, 5) is 19.2. The number of pyridine rings is 1. The lowest BCUT2D eigenvalue weighted by molar-refractivity contribution is 0.00671. The monoisotopic (exact) mass is 350 g/mol. The molecule has 2 aromatic heterocycles. The predicted molar refractivity (Wildman–Crippen MR) is 93.6 cm³/mol. The van der Waals surface area contributed by atoms with Crippen molar-refractivity contribution in [3.8, 4) is 0 Å². The largest absolute Gasteiger partial charge is 0.379 e. The molecule has 24 heavy (non-hydrogen) atoms. The molecule has 130 valence electrons. The van der Waals surface area contributed by atoms with Crippen molar-refractivity contribution in [3.63, 3.8) is 0 Å². The number of halogens is 1. The summed E-state index contributed by atoms with van der Waals surface area (Å²) in [5.74, 6) is 0.289. The van der Waals surface area contributed by atoms with Gasteiger partial charge in [-0.05, 0) is 18.1 Å². The Labute approximate surface area is 146 Å². The molecule has 0 saturated carbocycles. The van der Waals surface area contributed by atoms with E-state index < -0.39 is 0 Å². The Bertz CT molecular complexity index is 710. The highest BCUT2D eigenvalue weighted by atomic mass is 35.5. The van der Waals surface area contributed by atoms with E-state index >= 15 is 0 Å². The van der Waals surface area contributed by atoms with Gasteiger partial charge in [0, 0.05) is 38.1 Å². The van der Waals surface area contributed by atoms with Crippen molar-refractivity contribution >= 4 is 23.2 Å². The molecule has 2 aromatic rings. The predicted octanol–water partition coefficient (Wildman–Crippen LogP) is 2.07. The van der Waals surface area contributed by atoms with Crippen LogP contribution in [0.1, 0.15) is 24.3 Å². The molecule has 6 nitrogen and oxygen atoms in total. The van der Waals surface area contributed by atoms with Gasteiger partial charge in [0.1, 0.15) is 11.3 Å². The van der Waals surface area contributed by atoms with Crippen LogP contribution in [0.15, 0.2) is 24.5 Å². The highest BCUT2D eigenvalue weighted by Crippen LogP contribution is 2.14. The third kappa shape index (κ3) is 3.88. The first-order valence-corrected chi connectivity index (χ1v) is 8.66. The number of morpholine rings is 1. The van der Waals surface area contributed by atoms with E-state index in [2.05, 4.69) is 29.0 Å². The van der Waals surface area contributed by atoms with Crippen molar-refractivity contribution in [1.29, 1.82) is 0 Å². The van der Waals surface area contributed by atoms with Crippen LogP contribution in [-0.2, 0) is 4.74 Å². The highest BCUT2D eigenvalue weighted by Gasteiger charge is 2.24. The molecule has 1 aliphatic heterocycles. The van der Waals surface area contributed by atoms with E-state index in [1.165, 1.54) is 0 Å². The molecule has 7 heteroatoms. The van der Waals surface area contributed by atoms with E-state index in [1.54, 1.807) is 28.9 Å². The fourth-order valence-electron chi connectivity index (χ4n) is 3.06. The number of hydrogen-bond donors (Lipinski definition) is 1. The van der Waals surface area contributed by atoms with Gasteiger partial charge in [-0.2, -0.15) is 0 Å². The number of imidazole rings is 1. The topological polar surface area (TPSA) is 58.9 Å². The third-order valence-corrected chi connectivity index (χ3v) is 4.63. The maximum Gasteiger partial charge on any atom is 0.271 e. The molecule has 1 saturated heterocycles. The lowest BCUT2D eigenvalue weighted by atomic mass is 10.0. The maximum atomic E-state index is 12.4. The Morgan fingerprint density at radius 1 is 1.33 bits per heavy atom. The number of aromatic nitrogens is 2. The summed E-state index contributed by atoms with van der Waals surface area (Å²) < 4.78 is 7.18. The normalized spacial score (nSPS) is 17.3. The third-order valence-electron chi connectivity index (χ3n) is 4.40. The summed E-state index contributed by atoms with van der Waals surface area (Å²) in [6, 6.07) is 3.85. The van der Waals surface area contributed by atoms with E-state index in [0.717, 1.165) is 26.3 Å². The van der Waals surface area contributed by atoms with E-state index in [9.17, 15) is 4.79 Å². The summed E-state index contributed by atoms with van der Waals surface area (Å²) in [6.07, 6.45) is 3.45. The summed E-state index contributed by atoms with van der Waals surface area (Å²) in [5.41, 5.74) is 1.11. The van der Waals surface area contributed by atoms with Crippen LogP contribution in [-0.4, -0.2) is 59.1 Å². The van der Waals surface area contributed by atoms with Crippen LogP contribution in [0.2, 0.25) is 5.02 Å². The SMILES string of the molecule is CC(C)[C@@H](CNC(=O)c1cn2cc(Cl)ccc2n1)N1CCOCC1. The van der Waals surface area contributed by atoms with Crippen molar-refractivity contribution in [2.24, 2.45) is 5.92 Å². The van der Waals surface area contributed by atoms with Crippen LogP contribution < -0.4 is 5.32 Å². The first-order chi connectivity index (χ1) is 11.5. The van der Waals surface area contributed by atoms with Crippen molar-refractivity contribution in [1.82, 2.24) is 19.6 Å². The highest BCUT2D eigenvalue weighted by molar-refractivity contribution is 6.30. The molecule has 1 N–H and O–H groups in total. The molecule has 0 bridgehead atoms. The molecule has 1 atom stereocenters. The van der Waals surface area contributed by atoms with Crippen molar-refractivity contribution in [3.05, 3.63) is 35.2 Å². The molecule has 0 aromatic carbocycles. The second-order valence-corrected chi connectivity index (χ2v) is 6.85. The van der Waals surface area contributed by atoms with Crippen molar-refractivity contribution in [2.45, 2.75) is 19.9 Å². The number of nitrogens with one attached hydrogen (secondary N) is 1. The number of hydrogen-bond acceptors (Lipinski definition) is 4. The average molecular weight is 351 g/mol. The molecule has 1 aliphatic rings. The van der Waals surface area contributed by atoms with Gasteiger partial charge in [-0.15, -0.1) is 0 Å². The molecule has 0 radical (unpaired) electrons. The number of fused-ring (bicyclic) bond motifs is 1. The van der Waals surface area contributed by atoms with Gasteiger partial charge in [0.2, 0.25) is 0 Å². The summed E-state index contributed by atoms with van der Waals surface area (Å²) in [7, 11) is 0. The van der Waals surface area contributed by atoms with Crippen LogP contribution in [0.25, 0.3) is 5.65 Å². The Morgan fingerprint density at radius 3 is 2.79 bits per heavy atom. The molecular formula is C17H23ClN4O2. The van der Waals surface area contributed by atoms with Gasteiger partial charge in [-0.25, -0.2) is 4.98 Å². The molecule has 0 aliphatic carbocycles. The standard InChI is InChI=1S/C17H23ClN4O2/c1-12(2)15(21-5-7-24-8-6-21)9-19-17(23)14-11-22-10-13(18)3-4-16(22)20-14/h3-4,10-12,15H,5-9H2,1-2H3,(H,19,23)/t15-/m1/s1. The number of nitrogens with zero attached hydrogens (tertiary/aromatic N) is 3. The van der Waals surface area contributed by atoms with Gasteiger partial charge < -0.3 is 14.5 Å². The van der Waals surface area contributed by atoms with E-state index in [-0.39, 0.29) is 5.91 Å². The van der Waals surface area contributed by atoms with Crippen molar-refractivity contribution < 1.29 is 9.53 Å². The Hall–Kier alpha value is -1.63. The van der Waals surface area contributed by atoms with E-state index in [1.807, 2.05) is 0 Å². The summed E-state index contributed by atoms with van der Waals surface area (Å²) in [6.45, 7) is 8.29. The summed E-state index contributed by atoms with van der Waals surface area (Å²) >= 11 is 5.97. The lowest BCUT2D eigenvalue weighted by Gasteiger charge is -2.36. The van der Waals surface area contributed by atoms with Crippen LogP contribution >= 0.6 is 11.6 Å². The van der Waals surface area contributed by atoms with Gasteiger partial charge in [0.15, 0.2) is 0 Å².